The Morgan fingerprint density at radius 1 is 1.36 bits per heavy atom. The molecule has 2 aromatic rings. The first-order valence-corrected chi connectivity index (χ1v) is 9.80. The van der Waals surface area contributed by atoms with Gasteiger partial charge in [0.1, 0.15) is 11.6 Å². The zero-order chi connectivity index (χ0) is 20.7. The summed E-state index contributed by atoms with van der Waals surface area (Å²) in [4.78, 5) is 14.8. The van der Waals surface area contributed by atoms with Crippen LogP contribution in [-0.4, -0.2) is 27.4 Å². The minimum absolute atomic E-state index is 0.0710. The van der Waals surface area contributed by atoms with Gasteiger partial charge in [-0.05, 0) is 56.5 Å². The van der Waals surface area contributed by atoms with Crippen LogP contribution in [0.4, 0.5) is 8.78 Å². The fourth-order valence-corrected chi connectivity index (χ4v) is 3.76. The predicted octanol–water partition coefficient (Wildman–Crippen LogP) is 5.72. The largest absolute Gasteiger partial charge is 0.481 e. The Morgan fingerprint density at radius 2 is 2.04 bits per heavy atom. The fraction of sp³-hybridized carbons (Fsp3) is 0.333. The van der Waals surface area contributed by atoms with Gasteiger partial charge in [-0.3, -0.25) is 4.79 Å². The van der Waals surface area contributed by atoms with Gasteiger partial charge in [0.2, 0.25) is 5.88 Å². The van der Waals surface area contributed by atoms with E-state index in [1.165, 1.54) is 12.1 Å². The number of carbonyl (C=O) groups is 1. The molecule has 1 heterocycles. The van der Waals surface area contributed by atoms with E-state index in [1.54, 1.807) is 24.4 Å². The van der Waals surface area contributed by atoms with Crippen molar-refractivity contribution >= 4 is 17.7 Å². The molecule has 0 fully saturated rings. The summed E-state index contributed by atoms with van der Waals surface area (Å²) in [5.74, 6) is -2.05. The van der Waals surface area contributed by atoms with Gasteiger partial charge in [0.05, 0.1) is 11.0 Å². The van der Waals surface area contributed by atoms with Crippen molar-refractivity contribution in [3.05, 3.63) is 54.8 Å². The summed E-state index contributed by atoms with van der Waals surface area (Å²) in [5.41, 5.74) is 0.827. The molecule has 0 spiro atoms. The van der Waals surface area contributed by atoms with Crippen LogP contribution in [0.1, 0.15) is 33.1 Å². The highest BCUT2D eigenvalue weighted by Gasteiger charge is 2.20. The molecule has 1 unspecified atom stereocenters. The molecule has 0 saturated heterocycles. The van der Waals surface area contributed by atoms with Gasteiger partial charge in [0.25, 0.3) is 0 Å². The summed E-state index contributed by atoms with van der Waals surface area (Å²) in [7, 11) is 0. The third kappa shape index (κ3) is 6.05. The molecule has 4 nitrogen and oxygen atoms in total. The Balaban J connectivity index is 2.32. The molecule has 1 N–H and O–H groups in total. The van der Waals surface area contributed by atoms with E-state index in [0.717, 1.165) is 11.8 Å². The lowest BCUT2D eigenvalue weighted by Crippen LogP contribution is -2.08. The first kappa shape index (κ1) is 21.9. The molecule has 7 heteroatoms. The van der Waals surface area contributed by atoms with Gasteiger partial charge in [-0.1, -0.05) is 6.08 Å². The maximum absolute atomic E-state index is 14.7. The molecule has 1 aromatic heterocycles. The Morgan fingerprint density at radius 3 is 2.61 bits per heavy atom. The second-order valence-electron chi connectivity index (χ2n) is 6.49. The maximum atomic E-state index is 14.7. The number of carboxylic acids is 1. The number of hydrogen-bond donors (Lipinski definition) is 1. The first-order valence-electron chi connectivity index (χ1n) is 8.92. The molecule has 0 saturated carbocycles. The van der Waals surface area contributed by atoms with Crippen LogP contribution >= 0.6 is 11.8 Å². The predicted molar refractivity (Wildman–Crippen MR) is 107 cm³/mol. The lowest BCUT2D eigenvalue weighted by molar-refractivity contribution is -0.137. The number of hydrogen-bond acceptors (Lipinski definition) is 4. The number of pyridine rings is 1. The molecule has 150 valence electrons. The standard InChI is InChI=1S/C21H23F2NO3S/c1-4-6-15(8-9-19(25)26)28-20-17(22)11-14(12-18(20)23)16-7-5-10-24-21(16)27-13(2)3/h4-5,7,10-13,15H,1,6,8-9H2,2-3H3,(H,25,26). The highest BCUT2D eigenvalue weighted by atomic mass is 32.2. The maximum Gasteiger partial charge on any atom is 0.303 e. The van der Waals surface area contributed by atoms with E-state index >= 15 is 0 Å². The van der Waals surface area contributed by atoms with Gasteiger partial charge in [0, 0.05) is 23.4 Å². The van der Waals surface area contributed by atoms with Crippen LogP contribution in [0.2, 0.25) is 0 Å². The molecule has 1 atom stereocenters. The van der Waals surface area contributed by atoms with Crippen molar-refractivity contribution in [2.75, 3.05) is 0 Å². The van der Waals surface area contributed by atoms with Crippen molar-refractivity contribution in [3.8, 4) is 17.0 Å². The van der Waals surface area contributed by atoms with E-state index < -0.39 is 17.6 Å². The van der Waals surface area contributed by atoms with Crippen LogP contribution in [0.5, 0.6) is 5.88 Å². The van der Waals surface area contributed by atoms with Crippen LogP contribution in [0.15, 0.2) is 48.0 Å². The topological polar surface area (TPSA) is 59.4 Å². The molecule has 1 aromatic carbocycles. The number of aliphatic carboxylic acids is 1. The van der Waals surface area contributed by atoms with Crippen molar-refractivity contribution in [2.24, 2.45) is 0 Å². The molecule has 28 heavy (non-hydrogen) atoms. The van der Waals surface area contributed by atoms with Crippen LogP contribution in [0.3, 0.4) is 0 Å². The second kappa shape index (κ2) is 10.2. The number of allylic oxidation sites excluding steroid dienone is 1. The zero-order valence-electron chi connectivity index (χ0n) is 15.8. The molecule has 0 aliphatic rings. The molecule has 0 radical (unpaired) electrons. The highest BCUT2D eigenvalue weighted by Crippen LogP contribution is 2.37. The molecule has 2 rings (SSSR count). The molecular formula is C21H23F2NO3S. The van der Waals surface area contributed by atoms with Crippen molar-refractivity contribution in [2.45, 2.75) is 49.4 Å². The molecule has 0 aliphatic carbocycles. The smallest absolute Gasteiger partial charge is 0.303 e. The van der Waals surface area contributed by atoms with Gasteiger partial charge in [-0.15, -0.1) is 18.3 Å². The summed E-state index contributed by atoms with van der Waals surface area (Å²) in [6.45, 7) is 7.32. The van der Waals surface area contributed by atoms with Crippen LogP contribution in [0, 0.1) is 11.6 Å². The summed E-state index contributed by atoms with van der Waals surface area (Å²) < 4.78 is 35.1. The van der Waals surface area contributed by atoms with Crippen LogP contribution < -0.4 is 4.74 Å². The third-order valence-electron chi connectivity index (χ3n) is 3.82. The minimum atomic E-state index is -0.944. The summed E-state index contributed by atoms with van der Waals surface area (Å²) in [6.07, 6.45) is 3.72. The third-order valence-corrected chi connectivity index (χ3v) is 5.21. The van der Waals surface area contributed by atoms with Crippen molar-refractivity contribution < 1.29 is 23.4 Å². The van der Waals surface area contributed by atoms with Crippen molar-refractivity contribution in [3.63, 3.8) is 0 Å². The summed E-state index contributed by atoms with van der Waals surface area (Å²) >= 11 is 0.996. The van der Waals surface area contributed by atoms with Crippen molar-refractivity contribution in [1.82, 2.24) is 4.98 Å². The fourth-order valence-electron chi connectivity index (χ4n) is 2.62. The lowest BCUT2D eigenvalue weighted by Gasteiger charge is -2.16. The Hall–Kier alpha value is -2.41. The van der Waals surface area contributed by atoms with Crippen LogP contribution in [-0.2, 0) is 4.79 Å². The van der Waals surface area contributed by atoms with Gasteiger partial charge in [0.15, 0.2) is 0 Å². The summed E-state index contributed by atoms with van der Waals surface area (Å²) in [6, 6.07) is 5.86. The average molecular weight is 407 g/mol. The Kier molecular flexibility index (Phi) is 7.99. The van der Waals surface area contributed by atoms with E-state index in [-0.39, 0.29) is 22.7 Å². The number of benzene rings is 1. The quantitative estimate of drug-likeness (QED) is 0.403. The van der Waals surface area contributed by atoms with Gasteiger partial charge in [-0.2, -0.15) is 0 Å². The van der Waals surface area contributed by atoms with E-state index in [9.17, 15) is 13.6 Å². The Labute approximate surface area is 167 Å². The summed E-state index contributed by atoms with van der Waals surface area (Å²) in [5, 5.41) is 8.58. The number of halogens is 2. The van der Waals surface area contributed by atoms with E-state index in [4.69, 9.17) is 9.84 Å². The normalized spacial score (nSPS) is 12.0. The molecule has 0 bridgehead atoms. The van der Waals surface area contributed by atoms with Crippen molar-refractivity contribution in [1.29, 1.82) is 0 Å². The lowest BCUT2D eigenvalue weighted by atomic mass is 10.1. The zero-order valence-corrected chi connectivity index (χ0v) is 16.6. The number of thioether (sulfide) groups is 1. The molecular weight excluding hydrogens is 384 g/mol. The number of rotatable bonds is 10. The van der Waals surface area contributed by atoms with E-state index in [2.05, 4.69) is 11.6 Å². The van der Waals surface area contributed by atoms with Crippen LogP contribution in [0.25, 0.3) is 11.1 Å². The SMILES string of the molecule is C=CCC(CCC(=O)O)Sc1c(F)cc(-c2cccnc2OC(C)C)cc1F. The monoisotopic (exact) mass is 407 g/mol. The number of aromatic nitrogens is 1. The van der Waals surface area contributed by atoms with E-state index in [1.807, 2.05) is 13.8 Å². The number of ether oxygens (including phenoxy) is 1. The van der Waals surface area contributed by atoms with Gasteiger partial charge in [-0.25, -0.2) is 13.8 Å². The number of carboxylic acid groups (broad SMARTS) is 1. The van der Waals surface area contributed by atoms with Gasteiger partial charge >= 0.3 is 5.97 Å². The highest BCUT2D eigenvalue weighted by molar-refractivity contribution is 8.00. The average Bonchev–Trinajstić information content (AvgIpc) is 2.62. The van der Waals surface area contributed by atoms with Gasteiger partial charge < -0.3 is 9.84 Å². The second-order valence-corrected chi connectivity index (χ2v) is 7.80. The minimum Gasteiger partial charge on any atom is -0.481 e. The number of nitrogens with zero attached hydrogens (tertiary/aromatic N) is 1. The molecule has 0 aliphatic heterocycles. The Bertz CT molecular complexity index is 819. The van der Waals surface area contributed by atoms with E-state index in [0.29, 0.717) is 29.8 Å². The molecule has 0 amide bonds. The first-order chi connectivity index (χ1) is 13.3.